The van der Waals surface area contributed by atoms with Crippen molar-refractivity contribution >= 4 is 0 Å². The van der Waals surface area contributed by atoms with Crippen molar-refractivity contribution in [1.29, 1.82) is 0 Å². The monoisotopic (exact) mass is 196 g/mol. The van der Waals surface area contributed by atoms with Gasteiger partial charge in [-0.15, -0.1) is 0 Å². The number of fused-ring (bicyclic) bond motifs is 5. The summed E-state index contributed by atoms with van der Waals surface area (Å²) in [5.74, 6) is 2.86. The highest BCUT2D eigenvalue weighted by molar-refractivity contribution is 5.11. The molecule has 0 spiro atoms. The van der Waals surface area contributed by atoms with Crippen molar-refractivity contribution in [1.82, 2.24) is 0 Å². The van der Waals surface area contributed by atoms with E-state index in [9.17, 15) is 10.2 Å². The minimum absolute atomic E-state index is 0.126. The summed E-state index contributed by atoms with van der Waals surface area (Å²) in [6.45, 7) is 0.607. The predicted molar refractivity (Wildman–Crippen MR) is 53.6 cm³/mol. The fraction of sp³-hybridized carbons (Fsp3) is 1.00. The zero-order valence-electron chi connectivity index (χ0n) is 8.65. The van der Waals surface area contributed by atoms with Crippen LogP contribution in [0.25, 0.3) is 0 Å². The van der Waals surface area contributed by atoms with Gasteiger partial charge in [0.2, 0.25) is 0 Å². The van der Waals surface area contributed by atoms with Crippen molar-refractivity contribution in [3.63, 3.8) is 0 Å². The summed E-state index contributed by atoms with van der Waals surface area (Å²) >= 11 is 0. The molecule has 2 nitrogen and oxygen atoms in total. The summed E-state index contributed by atoms with van der Waals surface area (Å²) < 4.78 is 0. The molecule has 3 aliphatic rings. The lowest BCUT2D eigenvalue weighted by atomic mass is 9.66. The molecule has 0 aromatic heterocycles. The second-order valence-corrected chi connectivity index (χ2v) is 5.67. The molecule has 14 heavy (non-hydrogen) atoms. The largest absolute Gasteiger partial charge is 0.396 e. The third kappa shape index (κ3) is 0.892. The van der Waals surface area contributed by atoms with Gasteiger partial charge in [0.05, 0.1) is 0 Å². The Morgan fingerprint density at radius 1 is 1.21 bits per heavy atom. The summed E-state index contributed by atoms with van der Waals surface area (Å²) in [5, 5.41) is 19.1. The van der Waals surface area contributed by atoms with E-state index in [1.165, 1.54) is 32.1 Å². The number of hydrogen-bond acceptors (Lipinski definition) is 2. The van der Waals surface area contributed by atoms with E-state index in [0.29, 0.717) is 19.1 Å². The first-order valence-electron chi connectivity index (χ1n) is 6.03. The molecule has 2 heteroatoms. The Bertz CT molecular complexity index is 240. The first-order chi connectivity index (χ1) is 6.81. The van der Waals surface area contributed by atoms with Crippen LogP contribution in [-0.4, -0.2) is 23.4 Å². The summed E-state index contributed by atoms with van der Waals surface area (Å²) in [4.78, 5) is 0. The van der Waals surface area contributed by atoms with Gasteiger partial charge in [0, 0.05) is 18.6 Å². The minimum Gasteiger partial charge on any atom is -0.396 e. The Morgan fingerprint density at radius 2 is 2.07 bits per heavy atom. The lowest BCUT2D eigenvalue weighted by Crippen LogP contribution is -2.40. The predicted octanol–water partition coefficient (Wildman–Crippen LogP) is 1.41. The van der Waals surface area contributed by atoms with Gasteiger partial charge in [-0.1, -0.05) is 6.42 Å². The molecule has 3 fully saturated rings. The molecule has 3 saturated carbocycles. The molecule has 0 aromatic rings. The highest BCUT2D eigenvalue weighted by atomic mass is 16.3. The second-order valence-electron chi connectivity index (χ2n) is 5.67. The lowest BCUT2D eigenvalue weighted by Gasteiger charge is -2.40. The number of aliphatic hydroxyl groups excluding tert-OH is 2. The fourth-order valence-corrected chi connectivity index (χ4v) is 4.95. The molecular weight excluding hydrogens is 176 g/mol. The van der Waals surface area contributed by atoms with Gasteiger partial charge >= 0.3 is 0 Å². The summed E-state index contributed by atoms with van der Waals surface area (Å²) in [7, 11) is 0. The molecular formula is C12H20O2. The van der Waals surface area contributed by atoms with Crippen LogP contribution in [0.15, 0.2) is 0 Å². The third-order valence-corrected chi connectivity index (χ3v) is 5.47. The standard InChI is InChI=1S/C12H20O2/c13-6-9-4-8-5-12(9,7-14)11-3-1-2-10(8)11/h8-11,13-14H,1-7H2. The molecule has 2 N–H and O–H groups in total. The van der Waals surface area contributed by atoms with E-state index < -0.39 is 0 Å². The third-order valence-electron chi connectivity index (χ3n) is 5.47. The molecule has 5 atom stereocenters. The first-order valence-corrected chi connectivity index (χ1v) is 6.03. The zero-order valence-corrected chi connectivity index (χ0v) is 8.65. The van der Waals surface area contributed by atoms with E-state index in [4.69, 9.17) is 0 Å². The summed E-state index contributed by atoms with van der Waals surface area (Å²) in [6.07, 6.45) is 6.42. The highest BCUT2D eigenvalue weighted by Crippen LogP contribution is 2.67. The number of hydrogen-bond donors (Lipinski definition) is 2. The van der Waals surface area contributed by atoms with Crippen LogP contribution in [-0.2, 0) is 0 Å². The van der Waals surface area contributed by atoms with Gasteiger partial charge in [-0.25, -0.2) is 0 Å². The van der Waals surface area contributed by atoms with Gasteiger partial charge in [-0.05, 0) is 49.4 Å². The number of aliphatic hydroxyl groups is 2. The maximum atomic E-state index is 9.68. The van der Waals surface area contributed by atoms with Crippen molar-refractivity contribution in [2.45, 2.75) is 32.1 Å². The molecule has 5 unspecified atom stereocenters. The SMILES string of the molecule is OCC1CC2CC1(CO)C1CCCC21. The van der Waals surface area contributed by atoms with E-state index in [2.05, 4.69) is 0 Å². The number of rotatable bonds is 2. The fourth-order valence-electron chi connectivity index (χ4n) is 4.95. The lowest BCUT2D eigenvalue weighted by molar-refractivity contribution is -0.00876. The van der Waals surface area contributed by atoms with Crippen LogP contribution in [0.3, 0.4) is 0 Å². The smallest absolute Gasteiger partial charge is 0.0493 e. The molecule has 0 amide bonds. The van der Waals surface area contributed by atoms with Gasteiger partial charge in [0.15, 0.2) is 0 Å². The van der Waals surface area contributed by atoms with Crippen LogP contribution in [0.1, 0.15) is 32.1 Å². The Hall–Kier alpha value is -0.0800. The van der Waals surface area contributed by atoms with Crippen molar-refractivity contribution in [2.24, 2.45) is 29.1 Å². The highest BCUT2D eigenvalue weighted by Gasteiger charge is 2.62. The summed E-state index contributed by atoms with van der Waals surface area (Å²) in [5.41, 5.74) is 0.126. The van der Waals surface area contributed by atoms with Crippen LogP contribution in [0, 0.1) is 29.1 Å². The Morgan fingerprint density at radius 3 is 2.79 bits per heavy atom. The molecule has 0 heterocycles. The van der Waals surface area contributed by atoms with Crippen LogP contribution in [0.4, 0.5) is 0 Å². The van der Waals surface area contributed by atoms with Crippen molar-refractivity contribution < 1.29 is 10.2 Å². The van der Waals surface area contributed by atoms with Crippen LogP contribution in [0.2, 0.25) is 0 Å². The molecule has 0 aromatic carbocycles. The van der Waals surface area contributed by atoms with E-state index in [1.807, 2.05) is 0 Å². The minimum atomic E-state index is 0.126. The normalized spacial score (nSPS) is 55.3. The van der Waals surface area contributed by atoms with Crippen molar-refractivity contribution in [2.75, 3.05) is 13.2 Å². The molecule has 2 bridgehead atoms. The molecule has 0 radical (unpaired) electrons. The molecule has 3 rings (SSSR count). The second kappa shape index (κ2) is 2.96. The van der Waals surface area contributed by atoms with Gasteiger partial charge in [-0.2, -0.15) is 0 Å². The van der Waals surface area contributed by atoms with Crippen LogP contribution >= 0.6 is 0 Å². The topological polar surface area (TPSA) is 40.5 Å². The van der Waals surface area contributed by atoms with Gasteiger partial charge in [0.1, 0.15) is 0 Å². The maximum Gasteiger partial charge on any atom is 0.0493 e. The molecule has 0 aliphatic heterocycles. The van der Waals surface area contributed by atoms with Crippen molar-refractivity contribution in [3.8, 4) is 0 Å². The average Bonchev–Trinajstić information content (AvgIpc) is 2.87. The maximum absolute atomic E-state index is 9.68. The average molecular weight is 196 g/mol. The first kappa shape index (κ1) is 9.17. The zero-order chi connectivity index (χ0) is 9.76. The van der Waals surface area contributed by atoms with Crippen molar-refractivity contribution in [3.05, 3.63) is 0 Å². The molecule has 3 aliphatic carbocycles. The molecule has 0 saturated heterocycles. The van der Waals surface area contributed by atoms with E-state index >= 15 is 0 Å². The van der Waals surface area contributed by atoms with E-state index in [-0.39, 0.29) is 5.41 Å². The quantitative estimate of drug-likeness (QED) is 0.701. The van der Waals surface area contributed by atoms with Crippen LogP contribution < -0.4 is 0 Å². The summed E-state index contributed by atoms with van der Waals surface area (Å²) in [6, 6.07) is 0. The Balaban J connectivity index is 1.94. The van der Waals surface area contributed by atoms with Gasteiger partial charge < -0.3 is 10.2 Å². The van der Waals surface area contributed by atoms with Gasteiger partial charge in [0.25, 0.3) is 0 Å². The van der Waals surface area contributed by atoms with Crippen LogP contribution in [0.5, 0.6) is 0 Å². The Labute approximate surface area is 85.3 Å². The van der Waals surface area contributed by atoms with E-state index in [1.54, 1.807) is 0 Å². The Kier molecular flexibility index (Phi) is 1.94. The molecule has 80 valence electrons. The van der Waals surface area contributed by atoms with Gasteiger partial charge in [-0.3, -0.25) is 0 Å². The van der Waals surface area contributed by atoms with E-state index in [0.717, 1.165) is 17.8 Å².